The Morgan fingerprint density at radius 1 is 1.44 bits per heavy atom. The predicted octanol–water partition coefficient (Wildman–Crippen LogP) is 3.09. The highest BCUT2D eigenvalue weighted by Crippen LogP contribution is 2.20. The number of hydrogen-bond acceptors (Lipinski definition) is 2. The second-order valence-electron chi connectivity index (χ2n) is 4.10. The number of rotatable bonds is 4. The van der Waals surface area contributed by atoms with Gasteiger partial charge in [-0.2, -0.15) is 0 Å². The first-order chi connectivity index (χ1) is 8.28. The fourth-order valence-electron chi connectivity index (χ4n) is 1.30. The van der Waals surface area contributed by atoms with E-state index >= 15 is 0 Å². The number of nitrogens with one attached hydrogen (secondary N) is 1. The van der Waals surface area contributed by atoms with Crippen molar-refractivity contribution in [2.45, 2.75) is 25.8 Å². The van der Waals surface area contributed by atoms with Gasteiger partial charge in [0.15, 0.2) is 0 Å². The van der Waals surface area contributed by atoms with Gasteiger partial charge in [-0.05, 0) is 31.5 Å². The SMILES string of the molecule is CCC(C)(NC(=O)c1cc(Cl)cc(Br)c1)C(=O)O. The highest BCUT2D eigenvalue weighted by Gasteiger charge is 2.33. The third-order valence-electron chi connectivity index (χ3n) is 2.69. The normalized spacial score (nSPS) is 13.8. The summed E-state index contributed by atoms with van der Waals surface area (Å²) in [6.07, 6.45) is 0.288. The lowest BCUT2D eigenvalue weighted by molar-refractivity contribution is -0.143. The van der Waals surface area contributed by atoms with E-state index in [0.717, 1.165) is 0 Å². The molecule has 1 atom stereocenters. The molecule has 1 aromatic carbocycles. The summed E-state index contributed by atoms with van der Waals surface area (Å²) in [6.45, 7) is 3.16. The molecular weight excluding hydrogens is 321 g/mol. The highest BCUT2D eigenvalue weighted by atomic mass is 79.9. The van der Waals surface area contributed by atoms with Gasteiger partial charge in [0.05, 0.1) is 0 Å². The molecule has 0 fully saturated rings. The van der Waals surface area contributed by atoms with Gasteiger partial charge in [-0.3, -0.25) is 4.79 Å². The van der Waals surface area contributed by atoms with E-state index in [9.17, 15) is 9.59 Å². The Morgan fingerprint density at radius 2 is 2.06 bits per heavy atom. The first-order valence-corrected chi connectivity index (χ1v) is 6.47. The molecule has 1 unspecified atom stereocenters. The van der Waals surface area contributed by atoms with Gasteiger partial charge in [0.2, 0.25) is 0 Å². The number of carbonyl (C=O) groups is 2. The van der Waals surface area contributed by atoms with Crippen LogP contribution in [0.1, 0.15) is 30.6 Å². The molecule has 0 spiro atoms. The summed E-state index contributed by atoms with van der Waals surface area (Å²) in [4.78, 5) is 23.1. The quantitative estimate of drug-likeness (QED) is 0.889. The Morgan fingerprint density at radius 3 is 2.50 bits per heavy atom. The lowest BCUT2D eigenvalue weighted by Gasteiger charge is -2.24. The van der Waals surface area contributed by atoms with Gasteiger partial charge in [-0.25, -0.2) is 4.79 Å². The maximum atomic E-state index is 12.0. The zero-order valence-corrected chi connectivity index (χ0v) is 12.3. The summed E-state index contributed by atoms with van der Waals surface area (Å²) in [7, 11) is 0. The van der Waals surface area contributed by atoms with Crippen LogP contribution in [0.2, 0.25) is 5.02 Å². The molecule has 6 heteroatoms. The highest BCUT2D eigenvalue weighted by molar-refractivity contribution is 9.10. The molecule has 4 nitrogen and oxygen atoms in total. The summed E-state index contributed by atoms with van der Waals surface area (Å²) in [5.41, 5.74) is -0.971. The van der Waals surface area contributed by atoms with Crippen molar-refractivity contribution in [2.24, 2.45) is 0 Å². The summed E-state index contributed by atoms with van der Waals surface area (Å²) < 4.78 is 0.661. The van der Waals surface area contributed by atoms with Crippen LogP contribution < -0.4 is 5.32 Å². The number of hydrogen-bond donors (Lipinski definition) is 2. The van der Waals surface area contributed by atoms with Crippen LogP contribution in [0.15, 0.2) is 22.7 Å². The number of carboxylic acids is 1. The van der Waals surface area contributed by atoms with E-state index in [1.54, 1.807) is 19.1 Å². The Labute approximate surface area is 118 Å². The van der Waals surface area contributed by atoms with Crippen LogP contribution in [-0.2, 0) is 4.79 Å². The fraction of sp³-hybridized carbons (Fsp3) is 0.333. The number of aliphatic carboxylic acids is 1. The molecule has 0 aliphatic carbocycles. The molecule has 98 valence electrons. The monoisotopic (exact) mass is 333 g/mol. The van der Waals surface area contributed by atoms with Gasteiger partial charge >= 0.3 is 5.97 Å². The number of halogens is 2. The minimum absolute atomic E-state index is 0.288. The molecule has 1 rings (SSSR count). The van der Waals surface area contributed by atoms with Crippen LogP contribution >= 0.6 is 27.5 Å². The third kappa shape index (κ3) is 3.46. The smallest absolute Gasteiger partial charge is 0.329 e. The predicted molar refractivity (Wildman–Crippen MR) is 73.0 cm³/mol. The Kier molecular flexibility index (Phi) is 4.76. The van der Waals surface area contributed by atoms with E-state index in [4.69, 9.17) is 16.7 Å². The topological polar surface area (TPSA) is 66.4 Å². The van der Waals surface area contributed by atoms with E-state index in [1.807, 2.05) is 0 Å². The fourth-order valence-corrected chi connectivity index (χ4v) is 2.16. The first kappa shape index (κ1) is 15.0. The van der Waals surface area contributed by atoms with E-state index in [0.29, 0.717) is 15.1 Å². The molecule has 0 aliphatic heterocycles. The second-order valence-corrected chi connectivity index (χ2v) is 5.46. The lowest BCUT2D eigenvalue weighted by atomic mass is 9.98. The van der Waals surface area contributed by atoms with Crippen molar-refractivity contribution >= 4 is 39.4 Å². The molecular formula is C12H13BrClNO3. The van der Waals surface area contributed by atoms with Crippen molar-refractivity contribution in [1.29, 1.82) is 0 Å². The van der Waals surface area contributed by atoms with Gasteiger partial charge in [0.1, 0.15) is 5.54 Å². The van der Waals surface area contributed by atoms with Crippen LogP contribution in [0.3, 0.4) is 0 Å². The van der Waals surface area contributed by atoms with Crippen LogP contribution in [0.5, 0.6) is 0 Å². The summed E-state index contributed by atoms with van der Waals surface area (Å²) in [5, 5.41) is 12.0. The van der Waals surface area contributed by atoms with Gasteiger partial charge in [0.25, 0.3) is 5.91 Å². The van der Waals surface area contributed by atoms with Gasteiger partial charge in [0, 0.05) is 15.1 Å². The van der Waals surface area contributed by atoms with E-state index < -0.39 is 17.4 Å². The number of carboxylic acid groups (broad SMARTS) is 1. The first-order valence-electron chi connectivity index (χ1n) is 5.30. The molecule has 0 heterocycles. The van der Waals surface area contributed by atoms with Crippen molar-refractivity contribution < 1.29 is 14.7 Å². The largest absolute Gasteiger partial charge is 0.480 e. The molecule has 1 amide bonds. The molecule has 0 aromatic heterocycles. The van der Waals surface area contributed by atoms with Crippen LogP contribution in [0.25, 0.3) is 0 Å². The molecule has 0 bridgehead atoms. The van der Waals surface area contributed by atoms with Crippen molar-refractivity contribution in [3.63, 3.8) is 0 Å². The van der Waals surface area contributed by atoms with Gasteiger partial charge < -0.3 is 10.4 Å². The summed E-state index contributed by atoms with van der Waals surface area (Å²) >= 11 is 9.06. The average molecular weight is 335 g/mol. The Hall–Kier alpha value is -1.07. The number of benzene rings is 1. The molecule has 2 N–H and O–H groups in total. The maximum Gasteiger partial charge on any atom is 0.329 e. The van der Waals surface area contributed by atoms with Crippen molar-refractivity contribution in [2.75, 3.05) is 0 Å². The molecule has 18 heavy (non-hydrogen) atoms. The van der Waals surface area contributed by atoms with Crippen LogP contribution in [-0.4, -0.2) is 22.5 Å². The van der Waals surface area contributed by atoms with E-state index in [-0.39, 0.29) is 6.42 Å². The van der Waals surface area contributed by atoms with Gasteiger partial charge in [-0.15, -0.1) is 0 Å². The van der Waals surface area contributed by atoms with Crippen molar-refractivity contribution in [3.8, 4) is 0 Å². The van der Waals surface area contributed by atoms with Crippen LogP contribution in [0.4, 0.5) is 0 Å². The Balaban J connectivity index is 2.98. The summed E-state index contributed by atoms with van der Waals surface area (Å²) in [6, 6.07) is 4.72. The summed E-state index contributed by atoms with van der Waals surface area (Å²) in [5.74, 6) is -1.54. The molecule has 0 radical (unpaired) electrons. The zero-order chi connectivity index (χ0) is 13.9. The minimum atomic E-state index is -1.29. The minimum Gasteiger partial charge on any atom is -0.480 e. The third-order valence-corrected chi connectivity index (χ3v) is 3.37. The standard InChI is InChI=1S/C12H13BrClNO3/c1-3-12(2,11(17)18)15-10(16)7-4-8(13)6-9(14)5-7/h4-6H,3H2,1-2H3,(H,15,16)(H,17,18). The second kappa shape index (κ2) is 5.71. The van der Waals surface area contributed by atoms with E-state index in [1.165, 1.54) is 13.0 Å². The molecule has 1 aromatic rings. The van der Waals surface area contributed by atoms with Gasteiger partial charge in [-0.1, -0.05) is 34.5 Å². The zero-order valence-electron chi connectivity index (χ0n) is 9.96. The maximum absolute atomic E-state index is 12.0. The van der Waals surface area contributed by atoms with E-state index in [2.05, 4.69) is 21.2 Å². The van der Waals surface area contributed by atoms with Crippen LogP contribution in [0, 0.1) is 0 Å². The van der Waals surface area contributed by atoms with Crippen molar-refractivity contribution in [3.05, 3.63) is 33.3 Å². The number of carbonyl (C=O) groups excluding carboxylic acids is 1. The van der Waals surface area contributed by atoms with Crippen molar-refractivity contribution in [1.82, 2.24) is 5.32 Å². The molecule has 0 saturated heterocycles. The number of amides is 1. The lowest BCUT2D eigenvalue weighted by Crippen LogP contribution is -2.51. The average Bonchev–Trinajstić information content (AvgIpc) is 2.27. The molecule has 0 saturated carbocycles. The Bertz CT molecular complexity index is 472. The molecule has 0 aliphatic rings.